The zero-order chi connectivity index (χ0) is 14.5. The van der Waals surface area contributed by atoms with E-state index in [1.54, 1.807) is 6.20 Å². The van der Waals surface area contributed by atoms with Gasteiger partial charge in [0.1, 0.15) is 6.73 Å². The Labute approximate surface area is 116 Å². The molecule has 0 saturated carbocycles. The van der Waals surface area contributed by atoms with E-state index < -0.39 is 5.69 Å². The van der Waals surface area contributed by atoms with Crippen molar-refractivity contribution in [1.82, 2.24) is 9.55 Å². The number of benzene rings is 1. The van der Waals surface area contributed by atoms with Crippen molar-refractivity contribution >= 4 is 0 Å². The van der Waals surface area contributed by atoms with Gasteiger partial charge in [-0.1, -0.05) is 44.2 Å². The first-order valence-corrected chi connectivity index (χ1v) is 6.53. The fourth-order valence-corrected chi connectivity index (χ4v) is 1.87. The van der Waals surface area contributed by atoms with Crippen LogP contribution in [0.2, 0.25) is 0 Å². The first-order chi connectivity index (χ1) is 9.58. The molecule has 5 nitrogen and oxygen atoms in total. The fourth-order valence-electron chi connectivity index (χ4n) is 1.87. The SMILES string of the molecule is CC(C)c1cn(COCc2ccccc2)c(=O)[nH]c1=O. The number of H-pyrrole nitrogens is 1. The zero-order valence-electron chi connectivity index (χ0n) is 11.6. The fraction of sp³-hybridized carbons (Fsp3) is 0.333. The van der Waals surface area contributed by atoms with Crippen molar-refractivity contribution in [3.63, 3.8) is 0 Å². The lowest BCUT2D eigenvalue weighted by molar-refractivity contribution is 0.0605. The second-order valence-electron chi connectivity index (χ2n) is 4.93. The van der Waals surface area contributed by atoms with Crippen LogP contribution in [-0.2, 0) is 18.1 Å². The smallest absolute Gasteiger partial charge is 0.330 e. The van der Waals surface area contributed by atoms with Gasteiger partial charge in [0.25, 0.3) is 5.56 Å². The largest absolute Gasteiger partial charge is 0.356 e. The lowest BCUT2D eigenvalue weighted by atomic mass is 10.1. The summed E-state index contributed by atoms with van der Waals surface area (Å²) in [5.41, 5.74) is 0.832. The Kier molecular flexibility index (Phi) is 4.53. The number of aromatic amines is 1. The minimum absolute atomic E-state index is 0.0553. The molecule has 1 aromatic carbocycles. The average Bonchev–Trinajstić information content (AvgIpc) is 2.42. The van der Waals surface area contributed by atoms with Crippen LogP contribution in [0.4, 0.5) is 0 Å². The molecule has 0 unspecified atom stereocenters. The molecule has 0 atom stereocenters. The van der Waals surface area contributed by atoms with Crippen LogP contribution in [-0.4, -0.2) is 9.55 Å². The third kappa shape index (κ3) is 3.45. The van der Waals surface area contributed by atoms with Gasteiger partial charge in [-0.15, -0.1) is 0 Å². The summed E-state index contributed by atoms with van der Waals surface area (Å²) in [6, 6.07) is 9.71. The van der Waals surface area contributed by atoms with E-state index >= 15 is 0 Å². The van der Waals surface area contributed by atoms with Crippen LogP contribution in [0.15, 0.2) is 46.1 Å². The first-order valence-electron chi connectivity index (χ1n) is 6.53. The molecule has 106 valence electrons. The van der Waals surface area contributed by atoms with Gasteiger partial charge >= 0.3 is 5.69 Å². The summed E-state index contributed by atoms with van der Waals surface area (Å²) in [5, 5.41) is 0. The quantitative estimate of drug-likeness (QED) is 0.904. The highest BCUT2D eigenvalue weighted by atomic mass is 16.5. The highest BCUT2D eigenvalue weighted by Crippen LogP contribution is 2.07. The first kappa shape index (κ1) is 14.3. The van der Waals surface area contributed by atoms with Gasteiger partial charge in [-0.2, -0.15) is 0 Å². The number of hydrogen-bond acceptors (Lipinski definition) is 3. The van der Waals surface area contributed by atoms with E-state index in [9.17, 15) is 9.59 Å². The maximum atomic E-state index is 11.7. The molecule has 2 rings (SSSR count). The van der Waals surface area contributed by atoms with E-state index in [4.69, 9.17) is 4.74 Å². The molecule has 0 aliphatic rings. The van der Waals surface area contributed by atoms with Crippen molar-refractivity contribution in [1.29, 1.82) is 0 Å². The number of ether oxygens (including phenoxy) is 1. The van der Waals surface area contributed by atoms with Crippen molar-refractivity contribution in [2.24, 2.45) is 0 Å². The minimum atomic E-state index is -0.451. The van der Waals surface area contributed by atoms with Crippen molar-refractivity contribution in [2.45, 2.75) is 33.1 Å². The van der Waals surface area contributed by atoms with Gasteiger partial charge in [0, 0.05) is 11.8 Å². The lowest BCUT2D eigenvalue weighted by Gasteiger charge is -2.10. The summed E-state index contributed by atoms with van der Waals surface area (Å²) >= 11 is 0. The summed E-state index contributed by atoms with van der Waals surface area (Å²) < 4.78 is 6.88. The van der Waals surface area contributed by atoms with E-state index in [0.717, 1.165) is 5.56 Å². The van der Waals surface area contributed by atoms with Crippen LogP contribution >= 0.6 is 0 Å². The molecule has 0 fully saturated rings. The van der Waals surface area contributed by atoms with Gasteiger partial charge in [0.15, 0.2) is 0 Å². The number of nitrogens with one attached hydrogen (secondary N) is 1. The molecule has 2 aromatic rings. The van der Waals surface area contributed by atoms with Gasteiger partial charge in [-0.3, -0.25) is 14.3 Å². The summed E-state index contributed by atoms with van der Waals surface area (Å²) in [7, 11) is 0. The topological polar surface area (TPSA) is 64.1 Å². The Morgan fingerprint density at radius 2 is 1.90 bits per heavy atom. The number of nitrogens with zero attached hydrogens (tertiary/aromatic N) is 1. The molecular formula is C15H18N2O3. The molecule has 1 heterocycles. The Balaban J connectivity index is 2.08. The summed E-state index contributed by atoms with van der Waals surface area (Å²) in [6.45, 7) is 4.35. The van der Waals surface area contributed by atoms with Gasteiger partial charge in [-0.25, -0.2) is 4.79 Å². The Bertz CT molecular complexity index is 672. The second-order valence-corrected chi connectivity index (χ2v) is 4.93. The Morgan fingerprint density at radius 3 is 2.55 bits per heavy atom. The molecule has 0 aliphatic carbocycles. The van der Waals surface area contributed by atoms with Crippen molar-refractivity contribution < 1.29 is 4.74 Å². The van der Waals surface area contributed by atoms with Crippen molar-refractivity contribution in [3.8, 4) is 0 Å². The predicted octanol–water partition coefficient (Wildman–Crippen LogP) is 1.83. The number of rotatable bonds is 5. The van der Waals surface area contributed by atoms with Crippen LogP contribution in [0.1, 0.15) is 30.9 Å². The van der Waals surface area contributed by atoms with Crippen LogP contribution in [0.25, 0.3) is 0 Å². The van der Waals surface area contributed by atoms with Crippen molar-refractivity contribution in [3.05, 3.63) is 68.5 Å². The normalized spacial score (nSPS) is 10.9. The van der Waals surface area contributed by atoms with Crippen molar-refractivity contribution in [2.75, 3.05) is 0 Å². The third-order valence-electron chi connectivity index (χ3n) is 3.00. The van der Waals surface area contributed by atoms with Crippen LogP contribution in [0, 0.1) is 0 Å². The molecule has 0 aliphatic heterocycles. The number of hydrogen-bond donors (Lipinski definition) is 1. The van der Waals surface area contributed by atoms with Gasteiger partial charge in [-0.05, 0) is 11.5 Å². The van der Waals surface area contributed by atoms with E-state index in [1.807, 2.05) is 44.2 Å². The molecule has 20 heavy (non-hydrogen) atoms. The maximum absolute atomic E-state index is 11.7. The Morgan fingerprint density at radius 1 is 1.20 bits per heavy atom. The van der Waals surface area contributed by atoms with E-state index in [2.05, 4.69) is 4.98 Å². The summed E-state index contributed by atoms with van der Waals surface area (Å²) in [6.07, 6.45) is 1.57. The zero-order valence-corrected chi connectivity index (χ0v) is 11.6. The lowest BCUT2D eigenvalue weighted by Crippen LogP contribution is -2.32. The van der Waals surface area contributed by atoms with Crippen LogP contribution in [0.5, 0.6) is 0 Å². The maximum Gasteiger partial charge on any atom is 0.330 e. The standard InChI is InChI=1S/C15H18N2O3/c1-11(2)13-8-17(15(19)16-14(13)18)10-20-9-12-6-4-3-5-7-12/h3-8,11H,9-10H2,1-2H3,(H,16,18,19). The van der Waals surface area contributed by atoms with E-state index in [-0.39, 0.29) is 18.2 Å². The van der Waals surface area contributed by atoms with E-state index in [1.165, 1.54) is 4.57 Å². The molecule has 0 saturated heterocycles. The summed E-state index contributed by atoms with van der Waals surface area (Å²) in [4.78, 5) is 25.6. The molecule has 5 heteroatoms. The monoisotopic (exact) mass is 274 g/mol. The third-order valence-corrected chi connectivity index (χ3v) is 3.00. The van der Waals surface area contributed by atoms with Crippen LogP contribution in [0.3, 0.4) is 0 Å². The molecular weight excluding hydrogens is 256 g/mol. The number of aromatic nitrogens is 2. The van der Waals surface area contributed by atoms with Crippen LogP contribution < -0.4 is 11.2 Å². The molecule has 0 bridgehead atoms. The molecule has 1 aromatic heterocycles. The molecule has 0 radical (unpaired) electrons. The highest BCUT2D eigenvalue weighted by molar-refractivity contribution is 5.13. The molecule has 1 N–H and O–H groups in total. The summed E-state index contributed by atoms with van der Waals surface area (Å²) in [5.74, 6) is 0.0553. The van der Waals surface area contributed by atoms with Gasteiger partial charge in [0.2, 0.25) is 0 Å². The molecule has 0 amide bonds. The average molecular weight is 274 g/mol. The predicted molar refractivity (Wildman–Crippen MR) is 76.6 cm³/mol. The minimum Gasteiger partial charge on any atom is -0.356 e. The van der Waals surface area contributed by atoms with E-state index in [0.29, 0.717) is 12.2 Å². The van der Waals surface area contributed by atoms with Gasteiger partial charge in [0.05, 0.1) is 6.61 Å². The highest BCUT2D eigenvalue weighted by Gasteiger charge is 2.08. The Hall–Kier alpha value is -2.14. The van der Waals surface area contributed by atoms with Gasteiger partial charge < -0.3 is 4.74 Å². The molecule has 0 spiro atoms. The second kappa shape index (κ2) is 6.34.